The van der Waals surface area contributed by atoms with Crippen molar-refractivity contribution in [2.24, 2.45) is 5.73 Å². The first-order valence-electron chi connectivity index (χ1n) is 5.30. The summed E-state index contributed by atoms with van der Waals surface area (Å²) in [4.78, 5) is 10.9. The minimum atomic E-state index is 0.440. The van der Waals surface area contributed by atoms with Crippen LogP contribution in [0.25, 0.3) is 22.3 Å². The molecule has 17 heavy (non-hydrogen) atoms. The molecule has 0 aliphatic heterocycles. The number of rotatable bonds is 2. The molecule has 0 amide bonds. The molecule has 5 heteroatoms. The molecule has 0 fully saturated rings. The number of halogens is 1. The van der Waals surface area contributed by atoms with Crippen molar-refractivity contribution in [1.82, 2.24) is 15.0 Å². The van der Waals surface area contributed by atoms with E-state index >= 15 is 0 Å². The summed E-state index contributed by atoms with van der Waals surface area (Å²) < 4.78 is 0.778. The molecule has 4 nitrogen and oxygen atoms in total. The van der Waals surface area contributed by atoms with E-state index in [1.54, 1.807) is 0 Å². The number of hydrogen-bond donors (Lipinski definition) is 3. The molecule has 2 heterocycles. The number of aromatic amines is 2. The summed E-state index contributed by atoms with van der Waals surface area (Å²) in [6.45, 7) is 0.440. The highest BCUT2D eigenvalue weighted by molar-refractivity contribution is 9.10. The molecule has 1 aromatic carbocycles. The Morgan fingerprint density at radius 2 is 2.12 bits per heavy atom. The van der Waals surface area contributed by atoms with Gasteiger partial charge >= 0.3 is 0 Å². The lowest BCUT2D eigenvalue weighted by Crippen LogP contribution is -1.96. The van der Waals surface area contributed by atoms with Crippen LogP contribution < -0.4 is 5.73 Å². The van der Waals surface area contributed by atoms with Crippen LogP contribution in [0.1, 0.15) is 5.69 Å². The number of hydrogen-bond acceptors (Lipinski definition) is 2. The molecule has 0 radical (unpaired) electrons. The third kappa shape index (κ3) is 1.67. The molecule has 0 atom stereocenters. The molecule has 0 aliphatic rings. The van der Waals surface area contributed by atoms with Gasteiger partial charge in [-0.1, -0.05) is 18.2 Å². The molecule has 0 unspecified atom stereocenters. The number of H-pyrrole nitrogens is 2. The van der Waals surface area contributed by atoms with E-state index in [9.17, 15) is 0 Å². The summed E-state index contributed by atoms with van der Waals surface area (Å²) in [5.74, 6) is 0.828. The van der Waals surface area contributed by atoms with E-state index in [1.165, 1.54) is 0 Å². The summed E-state index contributed by atoms with van der Waals surface area (Å²) >= 11 is 3.39. The van der Waals surface area contributed by atoms with Crippen molar-refractivity contribution >= 4 is 26.8 Å². The van der Waals surface area contributed by atoms with Crippen molar-refractivity contribution in [2.45, 2.75) is 6.54 Å². The Labute approximate surface area is 106 Å². The predicted molar refractivity (Wildman–Crippen MR) is 71.5 cm³/mol. The lowest BCUT2D eigenvalue weighted by molar-refractivity contribution is 1.00. The highest BCUT2D eigenvalue weighted by atomic mass is 79.9. The summed E-state index contributed by atoms with van der Waals surface area (Å²) in [6, 6.07) is 8.13. The van der Waals surface area contributed by atoms with Gasteiger partial charge in [0.05, 0.1) is 5.69 Å². The van der Waals surface area contributed by atoms with E-state index in [0.29, 0.717) is 6.54 Å². The van der Waals surface area contributed by atoms with E-state index in [-0.39, 0.29) is 0 Å². The molecule has 0 aliphatic carbocycles. The monoisotopic (exact) mass is 290 g/mol. The van der Waals surface area contributed by atoms with Gasteiger partial charge in [0.2, 0.25) is 0 Å². The minimum Gasteiger partial charge on any atom is -0.360 e. The Bertz CT molecular complexity index is 668. The average Bonchev–Trinajstić information content (AvgIpc) is 2.92. The Kier molecular flexibility index (Phi) is 2.49. The fourth-order valence-corrected chi connectivity index (χ4v) is 2.36. The van der Waals surface area contributed by atoms with E-state index in [2.05, 4.69) is 36.9 Å². The average molecular weight is 291 g/mol. The molecule has 86 valence electrons. The maximum absolute atomic E-state index is 5.62. The van der Waals surface area contributed by atoms with Gasteiger partial charge < -0.3 is 15.7 Å². The molecule has 3 rings (SSSR count). The van der Waals surface area contributed by atoms with Crippen molar-refractivity contribution in [3.05, 3.63) is 40.8 Å². The van der Waals surface area contributed by atoms with Crippen LogP contribution in [0.4, 0.5) is 0 Å². The second kappa shape index (κ2) is 4.01. The predicted octanol–water partition coefficient (Wildman–Crippen LogP) is 2.78. The molecule has 3 aromatic rings. The number of imidazole rings is 1. The Hall–Kier alpha value is -1.59. The van der Waals surface area contributed by atoms with Crippen molar-refractivity contribution < 1.29 is 0 Å². The zero-order valence-corrected chi connectivity index (χ0v) is 10.6. The standard InChI is InChI=1S/C12H11BrN4/c13-11-10(5-14)16-12(17-11)8-6-15-9-4-2-1-3-7(8)9/h1-4,6,15H,5,14H2,(H,16,17). The van der Waals surface area contributed by atoms with Crippen LogP contribution in [0.3, 0.4) is 0 Å². The summed E-state index contributed by atoms with van der Waals surface area (Å²) in [5.41, 5.74) is 8.69. The first-order valence-corrected chi connectivity index (χ1v) is 6.10. The van der Waals surface area contributed by atoms with E-state index in [0.717, 1.165) is 32.6 Å². The number of fused-ring (bicyclic) bond motifs is 1. The van der Waals surface area contributed by atoms with Crippen molar-refractivity contribution in [2.75, 3.05) is 0 Å². The number of nitrogens with one attached hydrogen (secondary N) is 2. The zero-order valence-electron chi connectivity index (χ0n) is 9.00. The molecule has 0 saturated carbocycles. The van der Waals surface area contributed by atoms with E-state index in [1.807, 2.05) is 24.4 Å². The van der Waals surface area contributed by atoms with Crippen LogP contribution in [0, 0.1) is 0 Å². The lowest BCUT2D eigenvalue weighted by atomic mass is 10.2. The van der Waals surface area contributed by atoms with Crippen LogP contribution in [0.5, 0.6) is 0 Å². The maximum Gasteiger partial charge on any atom is 0.141 e. The number of nitrogens with zero attached hydrogens (tertiary/aromatic N) is 1. The number of para-hydroxylation sites is 1. The smallest absolute Gasteiger partial charge is 0.141 e. The lowest BCUT2D eigenvalue weighted by Gasteiger charge is -1.93. The van der Waals surface area contributed by atoms with Crippen LogP contribution >= 0.6 is 15.9 Å². The van der Waals surface area contributed by atoms with Gasteiger partial charge in [-0.25, -0.2) is 4.98 Å². The topological polar surface area (TPSA) is 70.5 Å². The Balaban J connectivity index is 2.20. The molecule has 2 aromatic heterocycles. The van der Waals surface area contributed by atoms with Gasteiger partial charge in [0.15, 0.2) is 0 Å². The fraction of sp³-hybridized carbons (Fsp3) is 0.0833. The molecule has 0 bridgehead atoms. The van der Waals surface area contributed by atoms with Gasteiger partial charge in [0.25, 0.3) is 0 Å². The third-order valence-electron chi connectivity index (χ3n) is 2.78. The summed E-state index contributed by atoms with van der Waals surface area (Å²) in [7, 11) is 0. The largest absolute Gasteiger partial charge is 0.360 e. The van der Waals surface area contributed by atoms with Gasteiger partial charge in [-0.3, -0.25) is 0 Å². The van der Waals surface area contributed by atoms with Gasteiger partial charge in [-0.2, -0.15) is 0 Å². The van der Waals surface area contributed by atoms with Crippen LogP contribution in [0.2, 0.25) is 0 Å². The molecule has 0 spiro atoms. The summed E-state index contributed by atoms with van der Waals surface area (Å²) in [6.07, 6.45) is 1.95. The highest BCUT2D eigenvalue weighted by Crippen LogP contribution is 2.28. The van der Waals surface area contributed by atoms with Crippen LogP contribution in [-0.2, 0) is 6.54 Å². The van der Waals surface area contributed by atoms with Gasteiger partial charge in [-0.05, 0) is 22.0 Å². The SMILES string of the molecule is NCc1[nH]c(-c2c[nH]c3ccccc23)nc1Br. The molecule has 4 N–H and O–H groups in total. The second-order valence-electron chi connectivity index (χ2n) is 3.81. The van der Waals surface area contributed by atoms with E-state index in [4.69, 9.17) is 5.73 Å². The van der Waals surface area contributed by atoms with E-state index < -0.39 is 0 Å². The van der Waals surface area contributed by atoms with Gasteiger partial charge in [0.1, 0.15) is 10.4 Å². The first-order chi connectivity index (χ1) is 8.29. The van der Waals surface area contributed by atoms with Crippen LogP contribution in [0.15, 0.2) is 35.1 Å². The van der Waals surface area contributed by atoms with Crippen molar-refractivity contribution in [3.63, 3.8) is 0 Å². The maximum atomic E-state index is 5.62. The quantitative estimate of drug-likeness (QED) is 0.679. The highest BCUT2D eigenvalue weighted by Gasteiger charge is 2.11. The first kappa shape index (κ1) is 10.6. The Morgan fingerprint density at radius 1 is 1.29 bits per heavy atom. The van der Waals surface area contributed by atoms with Crippen LogP contribution in [-0.4, -0.2) is 15.0 Å². The van der Waals surface area contributed by atoms with Crippen molar-refractivity contribution in [1.29, 1.82) is 0 Å². The minimum absolute atomic E-state index is 0.440. The number of nitrogens with two attached hydrogens (primary N) is 1. The Morgan fingerprint density at radius 3 is 2.88 bits per heavy atom. The molecule has 0 saturated heterocycles. The third-order valence-corrected chi connectivity index (χ3v) is 3.43. The molecular formula is C12H11BrN4. The number of benzene rings is 1. The normalized spacial score (nSPS) is 11.2. The number of aromatic nitrogens is 3. The fourth-order valence-electron chi connectivity index (χ4n) is 1.92. The zero-order chi connectivity index (χ0) is 11.8. The van der Waals surface area contributed by atoms with Crippen molar-refractivity contribution in [3.8, 4) is 11.4 Å². The second-order valence-corrected chi connectivity index (χ2v) is 4.56. The van der Waals surface area contributed by atoms with Gasteiger partial charge in [-0.15, -0.1) is 0 Å². The molecular weight excluding hydrogens is 280 g/mol. The van der Waals surface area contributed by atoms with Gasteiger partial charge in [0, 0.05) is 29.2 Å². The summed E-state index contributed by atoms with van der Waals surface area (Å²) in [5, 5.41) is 1.15.